The summed E-state index contributed by atoms with van der Waals surface area (Å²) < 4.78 is 26.4. The van der Waals surface area contributed by atoms with Crippen molar-refractivity contribution in [1.82, 2.24) is 10.3 Å². The van der Waals surface area contributed by atoms with Gasteiger partial charge in [0.25, 0.3) is 0 Å². The Hall–Kier alpha value is -1.81. The third-order valence-corrected chi connectivity index (χ3v) is 2.81. The highest BCUT2D eigenvalue weighted by Crippen LogP contribution is 2.14. The SMILES string of the molecule is C[C@@H](NCc1cccc(F)c1F)c1cccnc1. The second-order valence-corrected chi connectivity index (χ2v) is 4.10. The largest absolute Gasteiger partial charge is 0.306 e. The average Bonchev–Trinajstić information content (AvgIpc) is 2.41. The monoisotopic (exact) mass is 248 g/mol. The van der Waals surface area contributed by atoms with E-state index in [1.54, 1.807) is 18.5 Å². The fourth-order valence-electron chi connectivity index (χ4n) is 1.70. The van der Waals surface area contributed by atoms with Crippen molar-refractivity contribution in [3.8, 4) is 0 Å². The Labute approximate surface area is 105 Å². The molecule has 2 aromatic rings. The molecule has 1 N–H and O–H groups in total. The Bertz CT molecular complexity index is 514. The maximum absolute atomic E-state index is 13.4. The zero-order valence-electron chi connectivity index (χ0n) is 10.0. The van der Waals surface area contributed by atoms with Gasteiger partial charge in [-0.05, 0) is 24.6 Å². The van der Waals surface area contributed by atoms with Crippen LogP contribution in [0.2, 0.25) is 0 Å². The van der Waals surface area contributed by atoms with Crippen LogP contribution < -0.4 is 5.32 Å². The van der Waals surface area contributed by atoms with E-state index in [-0.39, 0.29) is 12.6 Å². The van der Waals surface area contributed by atoms with Crippen LogP contribution in [0.4, 0.5) is 8.78 Å². The Morgan fingerprint density at radius 2 is 2.06 bits per heavy atom. The molecule has 4 heteroatoms. The minimum atomic E-state index is -0.816. The zero-order chi connectivity index (χ0) is 13.0. The number of pyridine rings is 1. The van der Waals surface area contributed by atoms with Gasteiger partial charge >= 0.3 is 0 Å². The van der Waals surface area contributed by atoms with Gasteiger partial charge in [-0.1, -0.05) is 18.2 Å². The van der Waals surface area contributed by atoms with Crippen LogP contribution in [0.3, 0.4) is 0 Å². The maximum atomic E-state index is 13.4. The van der Waals surface area contributed by atoms with Crippen molar-refractivity contribution in [2.24, 2.45) is 0 Å². The fraction of sp³-hybridized carbons (Fsp3) is 0.214. The van der Waals surface area contributed by atoms with Crippen molar-refractivity contribution >= 4 is 0 Å². The van der Waals surface area contributed by atoms with Crippen molar-refractivity contribution in [1.29, 1.82) is 0 Å². The molecule has 2 nitrogen and oxygen atoms in total. The van der Waals surface area contributed by atoms with E-state index in [2.05, 4.69) is 10.3 Å². The molecule has 18 heavy (non-hydrogen) atoms. The van der Waals surface area contributed by atoms with Crippen molar-refractivity contribution < 1.29 is 8.78 Å². The van der Waals surface area contributed by atoms with Gasteiger partial charge in [-0.25, -0.2) is 8.78 Å². The first kappa shape index (κ1) is 12.6. The summed E-state index contributed by atoms with van der Waals surface area (Å²) in [5.74, 6) is -1.60. The van der Waals surface area contributed by atoms with E-state index in [9.17, 15) is 8.78 Å². The van der Waals surface area contributed by atoms with Gasteiger partial charge in [-0.15, -0.1) is 0 Å². The topological polar surface area (TPSA) is 24.9 Å². The Balaban J connectivity index is 2.02. The molecule has 1 aromatic carbocycles. The Morgan fingerprint density at radius 1 is 1.22 bits per heavy atom. The molecule has 0 aliphatic carbocycles. The summed E-state index contributed by atoms with van der Waals surface area (Å²) in [6.45, 7) is 2.23. The summed E-state index contributed by atoms with van der Waals surface area (Å²) in [6, 6.07) is 8.00. The smallest absolute Gasteiger partial charge is 0.163 e. The van der Waals surface area contributed by atoms with Crippen molar-refractivity contribution in [3.63, 3.8) is 0 Å². The molecule has 0 aliphatic heterocycles. The highest BCUT2D eigenvalue weighted by Gasteiger charge is 2.09. The van der Waals surface area contributed by atoms with Crippen molar-refractivity contribution in [2.45, 2.75) is 19.5 Å². The molecular formula is C14H14F2N2. The first-order valence-corrected chi connectivity index (χ1v) is 5.74. The van der Waals surface area contributed by atoms with E-state index in [0.29, 0.717) is 5.56 Å². The van der Waals surface area contributed by atoms with Crippen molar-refractivity contribution in [3.05, 3.63) is 65.5 Å². The van der Waals surface area contributed by atoms with Gasteiger partial charge in [0.2, 0.25) is 0 Å². The lowest BCUT2D eigenvalue weighted by Gasteiger charge is -2.14. The summed E-state index contributed by atoms with van der Waals surface area (Å²) in [6.07, 6.45) is 3.45. The third kappa shape index (κ3) is 2.90. The number of hydrogen-bond acceptors (Lipinski definition) is 2. The van der Waals surface area contributed by atoms with Crippen LogP contribution in [0.1, 0.15) is 24.1 Å². The Kier molecular flexibility index (Phi) is 3.99. The molecule has 0 saturated heterocycles. The summed E-state index contributed by atoms with van der Waals surface area (Å²) >= 11 is 0. The molecule has 0 spiro atoms. The molecule has 1 heterocycles. The van der Waals surface area contributed by atoms with Crippen LogP contribution >= 0.6 is 0 Å². The molecule has 0 fully saturated rings. The first-order chi connectivity index (χ1) is 8.68. The van der Waals surface area contributed by atoms with E-state index in [0.717, 1.165) is 11.6 Å². The van der Waals surface area contributed by atoms with Crippen LogP contribution in [-0.2, 0) is 6.54 Å². The zero-order valence-corrected chi connectivity index (χ0v) is 10.0. The van der Waals surface area contributed by atoms with Crippen LogP contribution in [0.25, 0.3) is 0 Å². The molecule has 2 rings (SSSR count). The van der Waals surface area contributed by atoms with Crippen LogP contribution in [0.15, 0.2) is 42.7 Å². The minimum Gasteiger partial charge on any atom is -0.306 e. The number of rotatable bonds is 4. The molecule has 0 unspecified atom stereocenters. The van der Waals surface area contributed by atoms with E-state index in [4.69, 9.17) is 0 Å². The summed E-state index contributed by atoms with van der Waals surface area (Å²) in [5, 5.41) is 3.14. The lowest BCUT2D eigenvalue weighted by atomic mass is 10.1. The quantitative estimate of drug-likeness (QED) is 0.898. The van der Waals surface area contributed by atoms with Crippen molar-refractivity contribution in [2.75, 3.05) is 0 Å². The molecule has 0 bridgehead atoms. The predicted octanol–water partition coefficient (Wildman–Crippen LogP) is 3.21. The summed E-state index contributed by atoms with van der Waals surface area (Å²) in [4.78, 5) is 4.02. The van der Waals surface area contributed by atoms with Gasteiger partial charge < -0.3 is 5.32 Å². The molecule has 0 radical (unpaired) electrons. The van der Waals surface area contributed by atoms with Gasteiger partial charge in [-0.2, -0.15) is 0 Å². The predicted molar refractivity (Wildman–Crippen MR) is 65.8 cm³/mol. The fourth-order valence-corrected chi connectivity index (χ4v) is 1.70. The standard InChI is InChI=1S/C14H14F2N2/c1-10(11-5-3-7-17-8-11)18-9-12-4-2-6-13(15)14(12)16/h2-8,10,18H,9H2,1H3/t10-/m1/s1. The Morgan fingerprint density at radius 3 is 2.78 bits per heavy atom. The molecule has 0 amide bonds. The van der Waals surface area contributed by atoms with Gasteiger partial charge in [0.15, 0.2) is 11.6 Å². The van der Waals surface area contributed by atoms with Gasteiger partial charge in [0.1, 0.15) is 0 Å². The second kappa shape index (κ2) is 5.69. The average molecular weight is 248 g/mol. The molecule has 1 aromatic heterocycles. The van der Waals surface area contributed by atoms with E-state index in [1.807, 2.05) is 19.1 Å². The first-order valence-electron chi connectivity index (χ1n) is 5.74. The van der Waals surface area contributed by atoms with Gasteiger partial charge in [0, 0.05) is 30.5 Å². The third-order valence-electron chi connectivity index (χ3n) is 2.81. The second-order valence-electron chi connectivity index (χ2n) is 4.10. The molecular weight excluding hydrogens is 234 g/mol. The highest BCUT2D eigenvalue weighted by atomic mass is 19.2. The molecule has 1 atom stereocenters. The molecule has 0 aliphatic rings. The van der Waals surface area contributed by atoms with Gasteiger partial charge in [0.05, 0.1) is 0 Å². The minimum absolute atomic E-state index is 0.0290. The molecule has 94 valence electrons. The van der Waals surface area contributed by atoms with Gasteiger partial charge in [-0.3, -0.25) is 4.98 Å². The summed E-state index contributed by atoms with van der Waals surface area (Å²) in [7, 11) is 0. The van der Waals surface area contributed by atoms with Crippen LogP contribution in [0, 0.1) is 11.6 Å². The normalized spacial score (nSPS) is 12.4. The number of halogens is 2. The number of nitrogens with zero attached hydrogens (tertiary/aromatic N) is 1. The van der Waals surface area contributed by atoms with E-state index >= 15 is 0 Å². The van der Waals surface area contributed by atoms with Crippen LogP contribution in [0.5, 0.6) is 0 Å². The lowest BCUT2D eigenvalue weighted by Crippen LogP contribution is -2.19. The molecule has 0 saturated carbocycles. The maximum Gasteiger partial charge on any atom is 0.163 e. The van der Waals surface area contributed by atoms with E-state index < -0.39 is 11.6 Å². The number of nitrogens with one attached hydrogen (secondary N) is 1. The van der Waals surface area contributed by atoms with Crippen LogP contribution in [-0.4, -0.2) is 4.98 Å². The highest BCUT2D eigenvalue weighted by molar-refractivity contribution is 5.19. The summed E-state index contributed by atoms with van der Waals surface area (Å²) in [5.41, 5.74) is 1.33. The van der Waals surface area contributed by atoms with E-state index in [1.165, 1.54) is 6.07 Å². The number of aromatic nitrogens is 1. The number of hydrogen-bond donors (Lipinski definition) is 1. The number of benzene rings is 1. The lowest BCUT2D eigenvalue weighted by molar-refractivity contribution is 0.484.